The van der Waals surface area contributed by atoms with E-state index in [4.69, 9.17) is 4.42 Å². The molecule has 2 aromatic heterocycles. The minimum atomic E-state index is 0.307. The van der Waals surface area contributed by atoms with Crippen LogP contribution in [0.2, 0.25) is 0 Å². The van der Waals surface area contributed by atoms with Crippen LogP contribution in [-0.2, 0) is 0 Å². The predicted octanol–water partition coefficient (Wildman–Crippen LogP) is 3.47. The largest absolute Gasteiger partial charge is 0.422 e. The zero-order chi connectivity index (χ0) is 11.0. The van der Waals surface area contributed by atoms with E-state index in [-0.39, 0.29) is 0 Å². The van der Waals surface area contributed by atoms with Gasteiger partial charge in [0.05, 0.1) is 0 Å². The third-order valence-corrected chi connectivity index (χ3v) is 2.45. The van der Waals surface area contributed by atoms with Gasteiger partial charge in [-0.3, -0.25) is 0 Å². The molecule has 0 atom stereocenters. The normalized spacial score (nSPS) is 11.9. The van der Waals surface area contributed by atoms with Crippen LogP contribution in [0.5, 0.6) is 0 Å². The van der Waals surface area contributed by atoms with Crippen LogP contribution >= 0.6 is 0 Å². The van der Waals surface area contributed by atoms with Gasteiger partial charge in [-0.1, -0.05) is 27.7 Å². The number of oxazole rings is 1. The van der Waals surface area contributed by atoms with Gasteiger partial charge in [0.25, 0.3) is 0 Å². The molecule has 2 aromatic rings. The van der Waals surface area contributed by atoms with Crippen LogP contribution in [0.4, 0.5) is 0 Å². The maximum Gasteiger partial charge on any atom is 0.246 e. The van der Waals surface area contributed by atoms with Crippen molar-refractivity contribution in [2.75, 3.05) is 0 Å². The Morgan fingerprint density at radius 1 is 1.13 bits per heavy atom. The Morgan fingerprint density at radius 3 is 2.47 bits per heavy atom. The van der Waals surface area contributed by atoms with Gasteiger partial charge < -0.3 is 4.42 Å². The fourth-order valence-electron chi connectivity index (χ4n) is 1.42. The molecule has 0 aromatic carbocycles. The molecule has 0 spiro atoms. The van der Waals surface area contributed by atoms with Crippen molar-refractivity contribution in [1.82, 2.24) is 9.97 Å². The summed E-state index contributed by atoms with van der Waals surface area (Å²) in [5, 5.41) is 0. The van der Waals surface area contributed by atoms with Gasteiger partial charge in [0.1, 0.15) is 5.52 Å². The van der Waals surface area contributed by atoms with E-state index in [1.807, 2.05) is 6.20 Å². The van der Waals surface area contributed by atoms with Crippen molar-refractivity contribution in [1.29, 1.82) is 0 Å². The first-order valence-corrected chi connectivity index (χ1v) is 5.34. The topological polar surface area (TPSA) is 38.9 Å². The fourth-order valence-corrected chi connectivity index (χ4v) is 1.42. The second-order valence-electron chi connectivity index (χ2n) is 4.45. The summed E-state index contributed by atoms with van der Waals surface area (Å²) in [6.07, 6.45) is 1.86. The minimum absolute atomic E-state index is 0.307. The Balaban J connectivity index is 2.52. The number of fused-ring (bicyclic) bond motifs is 1. The molecule has 0 unspecified atom stereocenters. The Kier molecular flexibility index (Phi) is 2.47. The van der Waals surface area contributed by atoms with Crippen LogP contribution in [0.1, 0.15) is 51.0 Å². The molecule has 15 heavy (non-hydrogen) atoms. The number of aromatic nitrogens is 2. The predicted molar refractivity (Wildman–Crippen MR) is 60.0 cm³/mol. The van der Waals surface area contributed by atoms with E-state index in [2.05, 4.69) is 43.7 Å². The van der Waals surface area contributed by atoms with E-state index in [1.165, 1.54) is 5.56 Å². The fraction of sp³-hybridized carbons (Fsp3) is 0.500. The lowest BCUT2D eigenvalue weighted by Gasteiger charge is -2.01. The van der Waals surface area contributed by atoms with E-state index < -0.39 is 0 Å². The average molecular weight is 204 g/mol. The molecule has 0 radical (unpaired) electrons. The van der Waals surface area contributed by atoms with Gasteiger partial charge in [-0.2, -0.15) is 0 Å². The summed E-state index contributed by atoms with van der Waals surface area (Å²) in [5.74, 6) is 1.54. The summed E-state index contributed by atoms with van der Waals surface area (Å²) in [7, 11) is 0. The Hall–Kier alpha value is -1.38. The second kappa shape index (κ2) is 3.65. The summed E-state index contributed by atoms with van der Waals surface area (Å²) >= 11 is 0. The highest BCUT2D eigenvalue weighted by Crippen LogP contribution is 2.22. The quantitative estimate of drug-likeness (QED) is 0.751. The molecular weight excluding hydrogens is 188 g/mol. The lowest BCUT2D eigenvalue weighted by molar-refractivity contribution is 0.494. The maximum atomic E-state index is 5.54. The minimum Gasteiger partial charge on any atom is -0.422 e. The summed E-state index contributed by atoms with van der Waals surface area (Å²) < 4.78 is 5.54. The van der Waals surface area contributed by atoms with Gasteiger partial charge in [-0.25, -0.2) is 9.97 Å². The highest BCUT2D eigenvalue weighted by atomic mass is 16.4. The van der Waals surface area contributed by atoms with E-state index in [0.717, 1.165) is 11.4 Å². The monoisotopic (exact) mass is 204 g/mol. The molecule has 0 aliphatic carbocycles. The maximum absolute atomic E-state index is 5.54. The Labute approximate surface area is 89.5 Å². The van der Waals surface area contributed by atoms with E-state index >= 15 is 0 Å². The number of rotatable bonds is 2. The van der Waals surface area contributed by atoms with Gasteiger partial charge in [-0.15, -0.1) is 0 Å². The zero-order valence-corrected chi connectivity index (χ0v) is 9.61. The van der Waals surface area contributed by atoms with Crippen molar-refractivity contribution in [2.45, 2.75) is 39.5 Å². The SMILES string of the molecule is CC(C)c1cnc2oc(C(C)C)nc2c1. The van der Waals surface area contributed by atoms with Crippen molar-refractivity contribution in [2.24, 2.45) is 0 Å². The number of hydrogen-bond donors (Lipinski definition) is 0. The lowest BCUT2D eigenvalue weighted by Crippen LogP contribution is -1.88. The van der Waals surface area contributed by atoms with Crippen LogP contribution in [0, 0.1) is 0 Å². The highest BCUT2D eigenvalue weighted by Gasteiger charge is 2.11. The molecule has 2 rings (SSSR count). The van der Waals surface area contributed by atoms with Crippen LogP contribution < -0.4 is 0 Å². The average Bonchev–Trinajstić information content (AvgIpc) is 2.59. The van der Waals surface area contributed by atoms with E-state index in [0.29, 0.717) is 17.5 Å². The number of nitrogens with zero attached hydrogens (tertiary/aromatic N) is 2. The van der Waals surface area contributed by atoms with Crippen molar-refractivity contribution in [3.8, 4) is 0 Å². The smallest absolute Gasteiger partial charge is 0.246 e. The Bertz CT molecular complexity index is 465. The molecule has 0 N–H and O–H groups in total. The lowest BCUT2D eigenvalue weighted by atomic mass is 10.1. The number of pyridine rings is 1. The standard InChI is InChI=1S/C12H16N2O/c1-7(2)9-5-10-12(13-6-9)15-11(14-10)8(3)4/h5-8H,1-4H3. The van der Waals surface area contributed by atoms with Crippen LogP contribution in [0.25, 0.3) is 11.2 Å². The van der Waals surface area contributed by atoms with Crippen molar-refractivity contribution < 1.29 is 4.42 Å². The summed E-state index contributed by atoms with van der Waals surface area (Å²) in [4.78, 5) is 8.70. The molecule has 80 valence electrons. The van der Waals surface area contributed by atoms with Gasteiger partial charge >= 0.3 is 0 Å². The van der Waals surface area contributed by atoms with Gasteiger partial charge in [0.15, 0.2) is 5.89 Å². The zero-order valence-electron chi connectivity index (χ0n) is 9.61. The summed E-state index contributed by atoms with van der Waals surface area (Å²) in [6.45, 7) is 8.42. The first-order valence-electron chi connectivity index (χ1n) is 5.34. The van der Waals surface area contributed by atoms with Crippen molar-refractivity contribution in [3.05, 3.63) is 23.7 Å². The second-order valence-corrected chi connectivity index (χ2v) is 4.45. The van der Waals surface area contributed by atoms with Gasteiger partial charge in [-0.05, 0) is 17.5 Å². The van der Waals surface area contributed by atoms with Crippen molar-refractivity contribution >= 4 is 11.2 Å². The molecule has 0 fully saturated rings. The molecule has 0 aliphatic heterocycles. The molecular formula is C12H16N2O. The van der Waals surface area contributed by atoms with E-state index in [1.54, 1.807) is 0 Å². The molecule has 3 nitrogen and oxygen atoms in total. The molecule has 2 heterocycles. The Morgan fingerprint density at radius 2 is 1.87 bits per heavy atom. The molecule has 0 saturated heterocycles. The molecule has 3 heteroatoms. The van der Waals surface area contributed by atoms with Crippen molar-refractivity contribution in [3.63, 3.8) is 0 Å². The third kappa shape index (κ3) is 1.87. The summed E-state index contributed by atoms with van der Waals surface area (Å²) in [6, 6.07) is 2.06. The third-order valence-electron chi connectivity index (χ3n) is 2.45. The van der Waals surface area contributed by atoms with Gasteiger partial charge in [0.2, 0.25) is 5.71 Å². The first kappa shape index (κ1) is 10.1. The highest BCUT2D eigenvalue weighted by molar-refractivity contribution is 5.68. The van der Waals surface area contributed by atoms with Crippen LogP contribution in [-0.4, -0.2) is 9.97 Å². The molecule has 0 bridgehead atoms. The number of hydrogen-bond acceptors (Lipinski definition) is 3. The summed E-state index contributed by atoms with van der Waals surface area (Å²) in [5.41, 5.74) is 2.71. The van der Waals surface area contributed by atoms with Gasteiger partial charge in [0, 0.05) is 12.1 Å². The molecule has 0 aliphatic rings. The first-order chi connectivity index (χ1) is 7.08. The van der Waals surface area contributed by atoms with E-state index in [9.17, 15) is 0 Å². The van der Waals surface area contributed by atoms with Crippen LogP contribution in [0.15, 0.2) is 16.7 Å². The molecule has 0 amide bonds. The molecule has 0 saturated carbocycles. The van der Waals surface area contributed by atoms with Crippen LogP contribution in [0.3, 0.4) is 0 Å².